The fourth-order valence-electron chi connectivity index (χ4n) is 2.74. The van der Waals surface area contributed by atoms with E-state index in [9.17, 15) is 22.8 Å². The lowest BCUT2D eigenvalue weighted by atomic mass is 10.1. The van der Waals surface area contributed by atoms with Gasteiger partial charge in [0.25, 0.3) is 0 Å². The van der Waals surface area contributed by atoms with Crippen LogP contribution in [-0.2, 0) is 11.0 Å². The second kappa shape index (κ2) is 7.62. The van der Waals surface area contributed by atoms with E-state index in [1.165, 1.54) is 13.0 Å². The number of carbonyl (C=O) groups excluding carboxylic acids is 2. The fourth-order valence-corrected chi connectivity index (χ4v) is 2.74. The molecule has 9 heteroatoms. The predicted octanol–water partition coefficient (Wildman–Crippen LogP) is 2.69. The first kappa shape index (κ1) is 18.9. The molecule has 1 aliphatic heterocycles. The highest BCUT2D eigenvalue weighted by molar-refractivity contribution is 5.99. The lowest BCUT2D eigenvalue weighted by Gasteiger charge is -2.31. The number of primary amides is 1. The van der Waals surface area contributed by atoms with Crippen LogP contribution in [-0.4, -0.2) is 31.1 Å². The third kappa shape index (κ3) is 5.01. The SMILES string of the molecule is CC(NC(N)=O)C(=O)Nc1cc(C(F)(F)F)ccc1N1CCCCC1. The molecule has 25 heavy (non-hydrogen) atoms. The second-order valence-electron chi connectivity index (χ2n) is 6.00. The average Bonchev–Trinajstić information content (AvgIpc) is 2.54. The van der Waals surface area contributed by atoms with Gasteiger partial charge in [0, 0.05) is 13.1 Å². The summed E-state index contributed by atoms with van der Waals surface area (Å²) >= 11 is 0. The van der Waals surface area contributed by atoms with Gasteiger partial charge in [0.1, 0.15) is 6.04 Å². The summed E-state index contributed by atoms with van der Waals surface area (Å²) in [7, 11) is 0. The minimum atomic E-state index is -4.52. The van der Waals surface area contributed by atoms with Crippen LogP contribution < -0.4 is 21.3 Å². The summed E-state index contributed by atoms with van der Waals surface area (Å²) in [4.78, 5) is 25.0. The zero-order chi connectivity index (χ0) is 18.6. The summed E-state index contributed by atoms with van der Waals surface area (Å²) in [6.07, 6.45) is -1.57. The predicted molar refractivity (Wildman–Crippen MR) is 88.3 cm³/mol. The highest BCUT2D eigenvalue weighted by Gasteiger charge is 2.32. The molecule has 0 aromatic heterocycles. The Morgan fingerprint density at radius 1 is 1.20 bits per heavy atom. The summed E-state index contributed by atoms with van der Waals surface area (Å²) in [6.45, 7) is 2.82. The molecule has 1 fully saturated rings. The van der Waals surface area contributed by atoms with Crippen molar-refractivity contribution in [3.05, 3.63) is 23.8 Å². The number of amides is 3. The molecule has 138 valence electrons. The van der Waals surface area contributed by atoms with E-state index < -0.39 is 29.7 Å². The molecule has 4 N–H and O–H groups in total. The van der Waals surface area contributed by atoms with Gasteiger partial charge >= 0.3 is 12.2 Å². The van der Waals surface area contributed by atoms with Crippen molar-refractivity contribution in [3.8, 4) is 0 Å². The van der Waals surface area contributed by atoms with Gasteiger partial charge in [-0.25, -0.2) is 4.79 Å². The summed E-state index contributed by atoms with van der Waals surface area (Å²) in [5.74, 6) is -0.642. The number of urea groups is 1. The molecule has 3 amide bonds. The van der Waals surface area contributed by atoms with Crippen LogP contribution in [0.25, 0.3) is 0 Å². The first-order valence-electron chi connectivity index (χ1n) is 8.01. The van der Waals surface area contributed by atoms with E-state index in [0.29, 0.717) is 18.8 Å². The molecule has 0 bridgehead atoms. The lowest BCUT2D eigenvalue weighted by molar-refractivity contribution is -0.137. The normalized spacial score (nSPS) is 16.2. The van der Waals surface area contributed by atoms with E-state index in [1.54, 1.807) is 0 Å². The van der Waals surface area contributed by atoms with Crippen molar-refractivity contribution < 1.29 is 22.8 Å². The van der Waals surface area contributed by atoms with Crippen molar-refractivity contribution in [2.75, 3.05) is 23.3 Å². The number of carbonyl (C=O) groups is 2. The highest BCUT2D eigenvalue weighted by atomic mass is 19.4. The van der Waals surface area contributed by atoms with Gasteiger partial charge in [-0.1, -0.05) is 0 Å². The number of halogens is 3. The third-order valence-corrected chi connectivity index (χ3v) is 4.03. The molecule has 0 aliphatic carbocycles. The molecule has 2 rings (SSSR count). The molecule has 6 nitrogen and oxygen atoms in total. The number of nitrogens with two attached hydrogens (primary N) is 1. The van der Waals surface area contributed by atoms with Crippen LogP contribution in [0, 0.1) is 0 Å². The number of nitrogens with zero attached hydrogens (tertiary/aromatic N) is 1. The standard InChI is InChI=1S/C16H21F3N4O2/c1-10(21-15(20)25)14(24)22-12-9-11(16(17,18)19)5-6-13(12)23-7-3-2-4-8-23/h5-6,9-10H,2-4,7-8H2,1H3,(H,22,24)(H3,20,21,25). The monoisotopic (exact) mass is 358 g/mol. The van der Waals surface area contributed by atoms with Crippen LogP contribution in [0.1, 0.15) is 31.7 Å². The Hall–Kier alpha value is -2.45. The number of anilines is 2. The molecule has 1 aromatic carbocycles. The molecule has 0 radical (unpaired) electrons. The Morgan fingerprint density at radius 2 is 1.84 bits per heavy atom. The first-order chi connectivity index (χ1) is 11.7. The second-order valence-corrected chi connectivity index (χ2v) is 6.00. The van der Waals surface area contributed by atoms with Gasteiger partial charge in [-0.05, 0) is 44.4 Å². The van der Waals surface area contributed by atoms with Gasteiger partial charge in [0.05, 0.1) is 16.9 Å². The van der Waals surface area contributed by atoms with Crippen LogP contribution >= 0.6 is 0 Å². The lowest BCUT2D eigenvalue weighted by Crippen LogP contribution is -2.44. The van der Waals surface area contributed by atoms with E-state index >= 15 is 0 Å². The zero-order valence-electron chi connectivity index (χ0n) is 13.8. The Kier molecular flexibility index (Phi) is 5.76. The van der Waals surface area contributed by atoms with Crippen molar-refractivity contribution in [3.63, 3.8) is 0 Å². The highest BCUT2D eigenvalue weighted by Crippen LogP contribution is 2.36. The van der Waals surface area contributed by atoms with Gasteiger partial charge in [-0.3, -0.25) is 4.79 Å². The number of hydrogen-bond acceptors (Lipinski definition) is 3. The maximum atomic E-state index is 13.0. The van der Waals surface area contributed by atoms with Crippen molar-refractivity contribution in [1.82, 2.24) is 5.32 Å². The summed E-state index contributed by atoms with van der Waals surface area (Å²) in [5.41, 5.74) is 4.72. The Bertz CT molecular complexity index is 643. The van der Waals surface area contributed by atoms with Crippen LogP contribution in [0.15, 0.2) is 18.2 Å². The number of benzene rings is 1. The maximum absolute atomic E-state index is 13.0. The van der Waals surface area contributed by atoms with E-state index in [2.05, 4.69) is 10.6 Å². The third-order valence-electron chi connectivity index (χ3n) is 4.03. The van der Waals surface area contributed by atoms with Crippen molar-refractivity contribution >= 4 is 23.3 Å². The largest absolute Gasteiger partial charge is 0.416 e. The van der Waals surface area contributed by atoms with Gasteiger partial charge in [-0.15, -0.1) is 0 Å². The van der Waals surface area contributed by atoms with Crippen molar-refractivity contribution in [2.24, 2.45) is 5.73 Å². The number of alkyl halides is 3. The summed E-state index contributed by atoms with van der Waals surface area (Å²) in [6, 6.07) is 1.43. The quantitative estimate of drug-likeness (QED) is 0.773. The van der Waals surface area contributed by atoms with Crippen LogP contribution in [0.3, 0.4) is 0 Å². The molecular formula is C16H21F3N4O2. The Morgan fingerprint density at radius 3 is 2.40 bits per heavy atom. The molecule has 1 saturated heterocycles. The molecule has 1 aromatic rings. The van der Waals surface area contributed by atoms with Crippen molar-refractivity contribution in [1.29, 1.82) is 0 Å². The molecule has 1 unspecified atom stereocenters. The zero-order valence-corrected chi connectivity index (χ0v) is 13.8. The molecule has 1 aliphatic rings. The van der Waals surface area contributed by atoms with Crippen LogP contribution in [0.2, 0.25) is 0 Å². The van der Waals surface area contributed by atoms with Gasteiger partial charge in [-0.2, -0.15) is 13.2 Å². The number of hydrogen-bond donors (Lipinski definition) is 3. The topological polar surface area (TPSA) is 87.5 Å². The van der Waals surface area contributed by atoms with E-state index in [-0.39, 0.29) is 5.69 Å². The number of piperidine rings is 1. The molecule has 0 saturated carbocycles. The van der Waals surface area contributed by atoms with Crippen molar-refractivity contribution in [2.45, 2.75) is 38.4 Å². The number of nitrogens with one attached hydrogen (secondary N) is 2. The average molecular weight is 358 g/mol. The minimum Gasteiger partial charge on any atom is -0.370 e. The Balaban J connectivity index is 2.30. The van der Waals surface area contributed by atoms with Crippen LogP contribution in [0.5, 0.6) is 0 Å². The van der Waals surface area contributed by atoms with Crippen LogP contribution in [0.4, 0.5) is 29.3 Å². The first-order valence-corrected chi connectivity index (χ1v) is 8.01. The molecule has 1 atom stereocenters. The Labute approximate surface area is 143 Å². The summed E-state index contributed by atoms with van der Waals surface area (Å²) < 4.78 is 39.0. The minimum absolute atomic E-state index is 0.0693. The fraction of sp³-hybridized carbons (Fsp3) is 0.500. The van der Waals surface area contributed by atoms with Gasteiger partial charge in [0.2, 0.25) is 5.91 Å². The summed E-state index contributed by atoms with van der Waals surface area (Å²) in [5, 5.41) is 4.67. The van der Waals surface area contributed by atoms with E-state index in [0.717, 1.165) is 31.4 Å². The number of rotatable bonds is 4. The molecule has 1 heterocycles. The van der Waals surface area contributed by atoms with Gasteiger partial charge < -0.3 is 21.3 Å². The molecular weight excluding hydrogens is 337 g/mol. The maximum Gasteiger partial charge on any atom is 0.416 e. The van der Waals surface area contributed by atoms with E-state index in [4.69, 9.17) is 5.73 Å². The van der Waals surface area contributed by atoms with Gasteiger partial charge in [0.15, 0.2) is 0 Å². The molecule has 0 spiro atoms. The smallest absolute Gasteiger partial charge is 0.370 e. The van der Waals surface area contributed by atoms with E-state index in [1.807, 2.05) is 4.90 Å².